The maximum absolute atomic E-state index is 12.1. The number of hydrogen-bond donors (Lipinski definition) is 1. The molecule has 0 aliphatic heterocycles. The van der Waals surface area contributed by atoms with Crippen molar-refractivity contribution in [2.24, 2.45) is 0 Å². The summed E-state index contributed by atoms with van der Waals surface area (Å²) in [6.07, 6.45) is 0.799. The van der Waals surface area contributed by atoms with E-state index in [9.17, 15) is 19.2 Å². The smallest absolute Gasteiger partial charge is 0.374 e. The van der Waals surface area contributed by atoms with Crippen LogP contribution in [0.5, 0.6) is 0 Å². The highest BCUT2D eigenvalue weighted by atomic mass is 16.5. The van der Waals surface area contributed by atoms with Crippen molar-refractivity contribution in [1.82, 2.24) is 10.2 Å². The molecule has 8 nitrogen and oxygen atoms in total. The number of carbonyl (C=O) groups excluding carboxylic acids is 4. The van der Waals surface area contributed by atoms with E-state index in [4.69, 9.17) is 9.15 Å². The number of likely N-dealkylation sites (N-methyl/N-ethyl adjacent to an activating group) is 1. The Bertz CT molecular complexity index is 885. The third-order valence-corrected chi connectivity index (χ3v) is 4.09. The molecule has 0 radical (unpaired) electrons. The maximum Gasteiger partial charge on any atom is 0.374 e. The van der Waals surface area contributed by atoms with Crippen molar-refractivity contribution in [1.29, 1.82) is 0 Å². The van der Waals surface area contributed by atoms with E-state index in [1.165, 1.54) is 24.9 Å². The summed E-state index contributed by atoms with van der Waals surface area (Å²) < 4.78 is 10.5. The van der Waals surface area contributed by atoms with E-state index in [1.54, 1.807) is 30.3 Å². The fourth-order valence-corrected chi connectivity index (χ4v) is 2.40. The van der Waals surface area contributed by atoms with Crippen molar-refractivity contribution in [3.05, 3.63) is 47.7 Å². The number of ketones is 1. The summed E-state index contributed by atoms with van der Waals surface area (Å²) in [7, 11) is 1.46. The van der Waals surface area contributed by atoms with Crippen molar-refractivity contribution in [3.8, 4) is 11.3 Å². The molecule has 0 saturated heterocycles. The van der Waals surface area contributed by atoms with E-state index in [1.807, 2.05) is 6.92 Å². The first kappa shape index (κ1) is 21.9. The number of nitrogens with one attached hydrogen (secondary N) is 1. The van der Waals surface area contributed by atoms with Crippen molar-refractivity contribution < 1.29 is 28.3 Å². The maximum atomic E-state index is 12.1. The zero-order chi connectivity index (χ0) is 21.4. The van der Waals surface area contributed by atoms with Crippen LogP contribution in [-0.2, 0) is 14.3 Å². The van der Waals surface area contributed by atoms with Crippen LogP contribution in [0.3, 0.4) is 0 Å². The Labute approximate surface area is 168 Å². The van der Waals surface area contributed by atoms with Gasteiger partial charge < -0.3 is 19.4 Å². The number of benzene rings is 1. The molecule has 2 amide bonds. The average molecular weight is 400 g/mol. The Hall–Kier alpha value is -3.42. The summed E-state index contributed by atoms with van der Waals surface area (Å²) in [5, 5.41) is 2.66. The van der Waals surface area contributed by atoms with Gasteiger partial charge in [0.05, 0.1) is 6.54 Å². The molecule has 1 N–H and O–H groups in total. The van der Waals surface area contributed by atoms with Gasteiger partial charge in [0, 0.05) is 24.7 Å². The number of amides is 2. The molecule has 29 heavy (non-hydrogen) atoms. The minimum Gasteiger partial charge on any atom is -0.450 e. The first-order valence-corrected chi connectivity index (χ1v) is 9.20. The Morgan fingerprint density at radius 2 is 1.76 bits per heavy atom. The van der Waals surface area contributed by atoms with Crippen molar-refractivity contribution in [2.75, 3.05) is 26.7 Å². The van der Waals surface area contributed by atoms with Crippen molar-refractivity contribution in [3.63, 3.8) is 0 Å². The molecular weight excluding hydrogens is 376 g/mol. The van der Waals surface area contributed by atoms with Gasteiger partial charge in [-0.3, -0.25) is 14.4 Å². The van der Waals surface area contributed by atoms with E-state index in [0.29, 0.717) is 23.4 Å². The number of carbonyl (C=O) groups is 4. The van der Waals surface area contributed by atoms with E-state index >= 15 is 0 Å². The number of ether oxygens (including phenoxy) is 1. The van der Waals surface area contributed by atoms with Gasteiger partial charge in [-0.25, -0.2) is 4.79 Å². The predicted octanol–water partition coefficient (Wildman–Crippen LogP) is 2.29. The van der Waals surface area contributed by atoms with Crippen LogP contribution in [0, 0.1) is 0 Å². The van der Waals surface area contributed by atoms with Gasteiger partial charge in [0.2, 0.25) is 11.7 Å². The Kier molecular flexibility index (Phi) is 7.70. The molecule has 0 spiro atoms. The SMILES string of the molecule is CCCNC(=O)CN(C)C(=O)COC(=O)c1ccc(-c2ccc(C(C)=O)cc2)o1. The number of nitrogens with zero attached hydrogens (tertiary/aromatic N) is 1. The number of Topliss-reactive ketones (excluding diaryl/α,β-unsaturated/α-hetero) is 1. The molecule has 1 aromatic heterocycles. The quantitative estimate of drug-likeness (QED) is 0.511. The number of rotatable bonds is 9. The Morgan fingerprint density at radius 1 is 1.07 bits per heavy atom. The highest BCUT2D eigenvalue weighted by Crippen LogP contribution is 2.23. The van der Waals surface area contributed by atoms with Gasteiger partial charge in [0.15, 0.2) is 12.4 Å². The van der Waals surface area contributed by atoms with Crippen LogP contribution in [0.15, 0.2) is 40.8 Å². The highest BCUT2D eigenvalue weighted by molar-refractivity contribution is 5.94. The monoisotopic (exact) mass is 400 g/mol. The van der Waals surface area contributed by atoms with Gasteiger partial charge in [-0.05, 0) is 25.5 Å². The molecule has 2 rings (SSSR count). The molecule has 0 atom stereocenters. The molecule has 2 aromatic rings. The zero-order valence-corrected chi connectivity index (χ0v) is 16.7. The minimum atomic E-state index is -0.784. The van der Waals surface area contributed by atoms with E-state index in [2.05, 4.69) is 5.32 Å². The molecule has 0 unspecified atom stereocenters. The first-order chi connectivity index (χ1) is 13.8. The summed E-state index contributed by atoms with van der Waals surface area (Å²) in [4.78, 5) is 48.3. The van der Waals surface area contributed by atoms with Gasteiger partial charge in [0.25, 0.3) is 5.91 Å². The lowest BCUT2D eigenvalue weighted by molar-refractivity contribution is -0.137. The zero-order valence-electron chi connectivity index (χ0n) is 16.7. The normalized spacial score (nSPS) is 10.3. The highest BCUT2D eigenvalue weighted by Gasteiger charge is 2.18. The van der Waals surface area contributed by atoms with Crippen LogP contribution in [0.25, 0.3) is 11.3 Å². The Morgan fingerprint density at radius 3 is 2.38 bits per heavy atom. The Balaban J connectivity index is 1.89. The molecule has 0 saturated carbocycles. The fraction of sp³-hybridized carbons (Fsp3) is 0.333. The second-order valence-corrected chi connectivity index (χ2v) is 6.47. The van der Waals surface area contributed by atoms with Crippen LogP contribution < -0.4 is 5.32 Å². The molecule has 1 aromatic carbocycles. The first-order valence-electron chi connectivity index (χ1n) is 9.20. The predicted molar refractivity (Wildman–Crippen MR) is 105 cm³/mol. The second kappa shape index (κ2) is 10.2. The third-order valence-electron chi connectivity index (χ3n) is 4.09. The summed E-state index contributed by atoms with van der Waals surface area (Å²) in [6.45, 7) is 3.33. The molecule has 0 bridgehead atoms. The summed E-state index contributed by atoms with van der Waals surface area (Å²) in [5.41, 5.74) is 1.27. The molecule has 1 heterocycles. The molecule has 154 valence electrons. The average Bonchev–Trinajstić information content (AvgIpc) is 3.20. The number of furan rings is 1. The van der Waals surface area contributed by atoms with Crippen LogP contribution in [0.2, 0.25) is 0 Å². The minimum absolute atomic E-state index is 0.0438. The lowest BCUT2D eigenvalue weighted by Crippen LogP contribution is -2.40. The molecule has 0 aliphatic carbocycles. The van der Waals surface area contributed by atoms with Gasteiger partial charge in [0.1, 0.15) is 5.76 Å². The van der Waals surface area contributed by atoms with Crippen LogP contribution in [0.1, 0.15) is 41.2 Å². The fourth-order valence-electron chi connectivity index (χ4n) is 2.40. The van der Waals surface area contributed by atoms with Crippen LogP contribution in [-0.4, -0.2) is 55.2 Å². The second-order valence-electron chi connectivity index (χ2n) is 6.47. The largest absolute Gasteiger partial charge is 0.450 e. The third kappa shape index (κ3) is 6.31. The summed E-state index contributed by atoms with van der Waals surface area (Å²) in [5.74, 6) is -1.22. The van der Waals surface area contributed by atoms with Crippen molar-refractivity contribution >= 4 is 23.6 Å². The lowest BCUT2D eigenvalue weighted by Gasteiger charge is -2.16. The summed E-state index contributed by atoms with van der Waals surface area (Å²) >= 11 is 0. The van der Waals surface area contributed by atoms with Gasteiger partial charge in [-0.1, -0.05) is 31.2 Å². The molecule has 0 aliphatic rings. The van der Waals surface area contributed by atoms with E-state index in [-0.39, 0.29) is 24.0 Å². The van der Waals surface area contributed by atoms with E-state index in [0.717, 1.165) is 6.42 Å². The lowest BCUT2D eigenvalue weighted by atomic mass is 10.1. The van der Waals surface area contributed by atoms with E-state index < -0.39 is 18.5 Å². The number of esters is 1. The van der Waals surface area contributed by atoms with Gasteiger partial charge in [-0.15, -0.1) is 0 Å². The van der Waals surface area contributed by atoms with Crippen LogP contribution in [0.4, 0.5) is 0 Å². The number of hydrogen-bond acceptors (Lipinski definition) is 6. The summed E-state index contributed by atoms with van der Waals surface area (Å²) in [6, 6.07) is 9.82. The molecule has 0 fully saturated rings. The standard InChI is InChI=1S/C21H24N2O6/c1-4-11-22-19(25)12-23(3)20(26)13-28-21(27)18-10-9-17(29-18)16-7-5-15(6-8-16)14(2)24/h5-10H,4,11-13H2,1-3H3,(H,22,25). The topological polar surface area (TPSA) is 106 Å². The van der Waals surface area contributed by atoms with Crippen LogP contribution >= 0.6 is 0 Å². The van der Waals surface area contributed by atoms with Gasteiger partial charge >= 0.3 is 5.97 Å². The molecule has 8 heteroatoms. The van der Waals surface area contributed by atoms with Crippen molar-refractivity contribution in [2.45, 2.75) is 20.3 Å². The van der Waals surface area contributed by atoms with Gasteiger partial charge in [-0.2, -0.15) is 0 Å². The molecular formula is C21H24N2O6.